The summed E-state index contributed by atoms with van der Waals surface area (Å²) in [6.07, 6.45) is 4.36. The van der Waals surface area contributed by atoms with E-state index in [9.17, 15) is 17.6 Å². The van der Waals surface area contributed by atoms with Gasteiger partial charge >= 0.3 is 0 Å². The standard InChI is InChI=1S/C11H9F4N/c1-3-4-6-8(12)10(14)7(5-16-2)11(15)9(6)13/h1,16H,4-5H2,2H3. The highest BCUT2D eigenvalue weighted by Crippen LogP contribution is 2.24. The minimum atomic E-state index is -1.43. The van der Waals surface area contributed by atoms with Crippen LogP contribution >= 0.6 is 0 Å². The molecule has 1 aromatic rings. The quantitative estimate of drug-likeness (QED) is 0.477. The first kappa shape index (κ1) is 12.5. The molecule has 1 N–H and O–H groups in total. The molecule has 0 atom stereocenters. The molecule has 0 saturated heterocycles. The van der Waals surface area contributed by atoms with E-state index in [2.05, 4.69) is 5.32 Å². The largest absolute Gasteiger partial charge is 0.315 e. The van der Waals surface area contributed by atoms with Crippen molar-refractivity contribution in [3.05, 3.63) is 34.4 Å². The zero-order valence-electron chi connectivity index (χ0n) is 8.50. The van der Waals surface area contributed by atoms with Gasteiger partial charge in [-0.1, -0.05) is 0 Å². The number of rotatable bonds is 3. The SMILES string of the molecule is C#CCc1c(F)c(F)c(CNC)c(F)c1F. The normalized spacial score (nSPS) is 10.2. The van der Waals surface area contributed by atoms with Crippen molar-refractivity contribution in [2.24, 2.45) is 0 Å². The lowest BCUT2D eigenvalue weighted by Crippen LogP contribution is -2.14. The van der Waals surface area contributed by atoms with E-state index in [1.54, 1.807) is 0 Å². The number of benzene rings is 1. The summed E-state index contributed by atoms with van der Waals surface area (Å²) in [4.78, 5) is 0. The lowest BCUT2D eigenvalue weighted by atomic mass is 10.1. The van der Waals surface area contributed by atoms with Crippen molar-refractivity contribution in [2.75, 3.05) is 7.05 Å². The summed E-state index contributed by atoms with van der Waals surface area (Å²) in [5, 5.41) is 2.42. The van der Waals surface area contributed by atoms with Crippen molar-refractivity contribution < 1.29 is 17.6 Å². The first-order valence-corrected chi connectivity index (χ1v) is 4.46. The number of halogens is 4. The van der Waals surface area contributed by atoms with Crippen molar-refractivity contribution >= 4 is 0 Å². The fraction of sp³-hybridized carbons (Fsp3) is 0.273. The zero-order chi connectivity index (χ0) is 12.3. The Morgan fingerprint density at radius 1 is 1.00 bits per heavy atom. The maximum absolute atomic E-state index is 13.3. The van der Waals surface area contributed by atoms with E-state index in [4.69, 9.17) is 6.42 Å². The maximum Gasteiger partial charge on any atom is 0.166 e. The smallest absolute Gasteiger partial charge is 0.166 e. The fourth-order valence-electron chi connectivity index (χ4n) is 1.31. The average Bonchev–Trinajstić information content (AvgIpc) is 2.28. The number of terminal acetylenes is 1. The topological polar surface area (TPSA) is 12.0 Å². The van der Waals surface area contributed by atoms with Crippen LogP contribution in [0.2, 0.25) is 0 Å². The van der Waals surface area contributed by atoms with Gasteiger partial charge in [0.05, 0.1) is 0 Å². The number of nitrogens with one attached hydrogen (secondary N) is 1. The summed E-state index contributed by atoms with van der Waals surface area (Å²) < 4.78 is 53.3. The Hall–Kier alpha value is -1.54. The number of hydrogen-bond donors (Lipinski definition) is 1. The van der Waals surface area contributed by atoms with Gasteiger partial charge in [0.1, 0.15) is 0 Å². The van der Waals surface area contributed by atoms with Crippen LogP contribution in [0.15, 0.2) is 0 Å². The van der Waals surface area contributed by atoms with E-state index in [-0.39, 0.29) is 6.54 Å². The van der Waals surface area contributed by atoms with Crippen molar-refractivity contribution in [1.29, 1.82) is 0 Å². The minimum absolute atomic E-state index is 0.304. The van der Waals surface area contributed by atoms with Gasteiger partial charge < -0.3 is 5.32 Å². The highest BCUT2D eigenvalue weighted by Gasteiger charge is 2.23. The van der Waals surface area contributed by atoms with Crippen LogP contribution in [0.25, 0.3) is 0 Å². The lowest BCUT2D eigenvalue weighted by molar-refractivity contribution is 0.425. The molecule has 1 rings (SSSR count). The van der Waals surface area contributed by atoms with Crippen LogP contribution in [0, 0.1) is 35.6 Å². The van der Waals surface area contributed by atoms with Crippen LogP contribution in [0.4, 0.5) is 17.6 Å². The summed E-state index contributed by atoms with van der Waals surface area (Å²) in [5.74, 6) is -3.72. The summed E-state index contributed by atoms with van der Waals surface area (Å²) in [5.41, 5.74) is -1.42. The molecule has 0 aromatic heterocycles. The van der Waals surface area contributed by atoms with Crippen LogP contribution in [-0.4, -0.2) is 7.05 Å². The molecule has 16 heavy (non-hydrogen) atoms. The second kappa shape index (κ2) is 4.99. The number of hydrogen-bond acceptors (Lipinski definition) is 1. The minimum Gasteiger partial charge on any atom is -0.315 e. The molecule has 0 amide bonds. The Balaban J connectivity index is 3.44. The summed E-state index contributed by atoms with van der Waals surface area (Å²) in [6, 6.07) is 0. The third-order valence-electron chi connectivity index (χ3n) is 2.08. The molecule has 0 spiro atoms. The molecule has 0 radical (unpaired) electrons. The molecule has 0 aliphatic carbocycles. The second-order valence-electron chi connectivity index (χ2n) is 3.12. The van der Waals surface area contributed by atoms with E-state index in [1.165, 1.54) is 7.05 Å². The molecule has 0 heterocycles. The van der Waals surface area contributed by atoms with Gasteiger partial charge in [-0.15, -0.1) is 12.3 Å². The van der Waals surface area contributed by atoms with Crippen LogP contribution in [0.5, 0.6) is 0 Å². The third kappa shape index (κ3) is 2.02. The van der Waals surface area contributed by atoms with Gasteiger partial charge in [0.25, 0.3) is 0 Å². The van der Waals surface area contributed by atoms with Crippen LogP contribution in [-0.2, 0) is 13.0 Å². The van der Waals surface area contributed by atoms with Crippen LogP contribution in [0.3, 0.4) is 0 Å². The van der Waals surface area contributed by atoms with Crippen molar-refractivity contribution in [2.45, 2.75) is 13.0 Å². The second-order valence-corrected chi connectivity index (χ2v) is 3.12. The summed E-state index contributed by atoms with van der Waals surface area (Å²) in [7, 11) is 1.41. The fourth-order valence-corrected chi connectivity index (χ4v) is 1.31. The molecule has 5 heteroatoms. The third-order valence-corrected chi connectivity index (χ3v) is 2.08. The molecular formula is C11H9F4N. The molecule has 0 aliphatic heterocycles. The van der Waals surface area contributed by atoms with Gasteiger partial charge in [-0.2, -0.15) is 0 Å². The van der Waals surface area contributed by atoms with Gasteiger partial charge in [-0.05, 0) is 7.05 Å². The van der Waals surface area contributed by atoms with Crippen LogP contribution < -0.4 is 5.32 Å². The first-order valence-electron chi connectivity index (χ1n) is 4.46. The van der Waals surface area contributed by atoms with Gasteiger partial charge in [-0.3, -0.25) is 0 Å². The first-order chi connectivity index (χ1) is 7.54. The molecule has 0 bridgehead atoms. The predicted octanol–water partition coefficient (Wildman–Crippen LogP) is 2.14. The summed E-state index contributed by atoms with van der Waals surface area (Å²) in [6.45, 7) is -0.304. The highest BCUT2D eigenvalue weighted by atomic mass is 19.2. The van der Waals surface area contributed by atoms with E-state index >= 15 is 0 Å². The predicted molar refractivity (Wildman–Crippen MR) is 51.6 cm³/mol. The Bertz CT molecular complexity index is 419. The Kier molecular flexibility index (Phi) is 3.91. The summed E-state index contributed by atoms with van der Waals surface area (Å²) >= 11 is 0. The molecule has 1 aromatic carbocycles. The molecule has 0 unspecified atom stereocenters. The average molecular weight is 231 g/mol. The zero-order valence-corrected chi connectivity index (χ0v) is 8.50. The molecule has 0 aliphatic rings. The van der Waals surface area contributed by atoms with Crippen LogP contribution in [0.1, 0.15) is 11.1 Å². The molecule has 86 valence electrons. The van der Waals surface area contributed by atoms with Gasteiger partial charge in [0, 0.05) is 24.1 Å². The van der Waals surface area contributed by atoms with Crippen molar-refractivity contribution in [3.63, 3.8) is 0 Å². The Morgan fingerprint density at radius 3 is 1.81 bits per heavy atom. The van der Waals surface area contributed by atoms with E-state index in [0.29, 0.717) is 0 Å². The molecule has 1 nitrogen and oxygen atoms in total. The van der Waals surface area contributed by atoms with Crippen molar-refractivity contribution in [1.82, 2.24) is 5.32 Å². The van der Waals surface area contributed by atoms with E-state index in [1.807, 2.05) is 5.92 Å². The van der Waals surface area contributed by atoms with E-state index < -0.39 is 40.8 Å². The lowest BCUT2D eigenvalue weighted by Gasteiger charge is -2.10. The van der Waals surface area contributed by atoms with Gasteiger partial charge in [0.15, 0.2) is 23.3 Å². The molecule has 0 fully saturated rings. The van der Waals surface area contributed by atoms with Gasteiger partial charge in [0.2, 0.25) is 0 Å². The molecule has 0 saturated carbocycles. The van der Waals surface area contributed by atoms with Gasteiger partial charge in [-0.25, -0.2) is 17.6 Å². The maximum atomic E-state index is 13.3. The van der Waals surface area contributed by atoms with E-state index in [0.717, 1.165) is 0 Å². The van der Waals surface area contributed by atoms with Crippen molar-refractivity contribution in [3.8, 4) is 12.3 Å². The Labute approximate surface area is 90.5 Å². The highest BCUT2D eigenvalue weighted by molar-refractivity contribution is 5.32. The monoisotopic (exact) mass is 231 g/mol. The Morgan fingerprint density at radius 2 is 1.44 bits per heavy atom. The molecular weight excluding hydrogens is 222 g/mol.